The lowest BCUT2D eigenvalue weighted by Gasteiger charge is -2.30. The second-order valence-electron chi connectivity index (χ2n) is 11.0. The highest BCUT2D eigenvalue weighted by Crippen LogP contribution is 2.45. The van der Waals surface area contributed by atoms with E-state index >= 15 is 0 Å². The van der Waals surface area contributed by atoms with Crippen molar-refractivity contribution >= 4 is 27.4 Å². The van der Waals surface area contributed by atoms with E-state index in [0.29, 0.717) is 30.9 Å². The summed E-state index contributed by atoms with van der Waals surface area (Å²) in [5, 5.41) is 10.7. The number of pyridine rings is 1. The third-order valence-electron chi connectivity index (χ3n) is 8.21. The lowest BCUT2D eigenvalue weighted by atomic mass is 9.83. The number of methoxy groups -OCH3 is 1. The Labute approximate surface area is 227 Å². The van der Waals surface area contributed by atoms with E-state index in [9.17, 15) is 14.7 Å². The third kappa shape index (κ3) is 4.90. The molecule has 7 nitrogen and oxygen atoms in total. The third-order valence-corrected chi connectivity index (χ3v) is 9.74. The Balaban J connectivity index is 1.67. The van der Waals surface area contributed by atoms with E-state index in [-0.39, 0.29) is 17.8 Å². The number of hydrogen-bond acceptors (Lipinski definition) is 6. The zero-order valence-corrected chi connectivity index (χ0v) is 23.4. The van der Waals surface area contributed by atoms with Crippen LogP contribution in [-0.2, 0) is 26.2 Å². The molecule has 3 aromatic rings. The summed E-state index contributed by atoms with van der Waals surface area (Å²) >= 11 is 1.70. The van der Waals surface area contributed by atoms with Gasteiger partial charge in [0.05, 0.1) is 24.7 Å². The first kappa shape index (κ1) is 26.9. The van der Waals surface area contributed by atoms with Crippen LogP contribution < -0.4 is 10.3 Å². The van der Waals surface area contributed by atoms with E-state index in [0.717, 1.165) is 52.8 Å². The topological polar surface area (TPSA) is 87.0 Å². The zero-order chi connectivity index (χ0) is 27.0. The van der Waals surface area contributed by atoms with E-state index < -0.39 is 11.5 Å². The van der Waals surface area contributed by atoms with Crippen LogP contribution in [0.5, 0.6) is 5.75 Å². The van der Waals surface area contributed by atoms with E-state index in [2.05, 4.69) is 0 Å². The van der Waals surface area contributed by atoms with E-state index in [1.54, 1.807) is 38.5 Å². The number of carboxylic acid groups (broad SMARTS) is 1. The van der Waals surface area contributed by atoms with Crippen molar-refractivity contribution in [2.45, 2.75) is 83.0 Å². The molecular weight excluding hydrogens is 502 g/mol. The van der Waals surface area contributed by atoms with Crippen LogP contribution in [0.1, 0.15) is 79.5 Å². The van der Waals surface area contributed by atoms with Crippen LogP contribution in [0.25, 0.3) is 10.1 Å². The normalized spacial score (nSPS) is 17.9. The molecule has 0 radical (unpaired) electrons. The number of carboxylic acids is 1. The smallest absolute Gasteiger partial charge is 0.329 e. The number of fused-ring (bicyclic) bond motifs is 1. The summed E-state index contributed by atoms with van der Waals surface area (Å²) in [6.07, 6.45) is 7.08. The Morgan fingerprint density at radius 1 is 1.21 bits per heavy atom. The minimum atomic E-state index is -1.40. The van der Waals surface area contributed by atoms with Gasteiger partial charge < -0.3 is 19.3 Å². The summed E-state index contributed by atoms with van der Waals surface area (Å²) in [5.74, 6) is 0.179. The molecule has 2 aromatic heterocycles. The summed E-state index contributed by atoms with van der Waals surface area (Å²) in [6.45, 7) is 6.51. The number of aryl methyl sites for hydroxylation is 1. The molecular formula is C30H37NO6S. The summed E-state index contributed by atoms with van der Waals surface area (Å²) in [6, 6.07) is 7.88. The number of ether oxygens (including phenoxy) is 3. The molecule has 0 unspecified atom stereocenters. The second kappa shape index (κ2) is 10.8. The van der Waals surface area contributed by atoms with Crippen LogP contribution >= 0.6 is 11.3 Å². The van der Waals surface area contributed by atoms with Crippen LogP contribution in [0.15, 0.2) is 35.3 Å². The van der Waals surface area contributed by atoms with Crippen LogP contribution in [0, 0.1) is 6.92 Å². The van der Waals surface area contributed by atoms with Crippen LogP contribution in [0.3, 0.4) is 0 Å². The van der Waals surface area contributed by atoms with E-state index in [1.807, 2.05) is 31.2 Å². The molecule has 1 aliphatic heterocycles. The summed E-state index contributed by atoms with van der Waals surface area (Å²) in [5.41, 5.74) is 1.23. The molecule has 3 heterocycles. The van der Waals surface area contributed by atoms with Crippen LogP contribution in [0.2, 0.25) is 0 Å². The van der Waals surface area contributed by atoms with Gasteiger partial charge in [-0.05, 0) is 69.6 Å². The van der Waals surface area contributed by atoms with Gasteiger partial charge >= 0.3 is 5.97 Å². The monoisotopic (exact) mass is 539 g/mol. The molecule has 2 fully saturated rings. The average molecular weight is 540 g/mol. The summed E-state index contributed by atoms with van der Waals surface area (Å²) < 4.78 is 20.4. The fourth-order valence-electron chi connectivity index (χ4n) is 5.54. The Morgan fingerprint density at radius 3 is 2.55 bits per heavy atom. The van der Waals surface area contributed by atoms with E-state index in [4.69, 9.17) is 14.2 Å². The molecule has 1 aliphatic carbocycles. The Kier molecular flexibility index (Phi) is 7.67. The molecule has 0 bridgehead atoms. The maximum Gasteiger partial charge on any atom is 0.329 e. The highest BCUT2D eigenvalue weighted by Gasteiger charge is 2.34. The van der Waals surface area contributed by atoms with Crippen molar-refractivity contribution < 1.29 is 24.1 Å². The molecule has 1 saturated heterocycles. The Bertz CT molecular complexity index is 1380. The lowest BCUT2D eigenvalue weighted by Crippen LogP contribution is -2.42. The number of hydrogen-bond donors (Lipinski definition) is 1. The average Bonchev–Trinajstić information content (AvgIpc) is 3.21. The fraction of sp³-hybridized carbons (Fsp3) is 0.533. The number of para-hydroxylation sites is 1. The highest BCUT2D eigenvalue weighted by molar-refractivity contribution is 7.19. The fourth-order valence-corrected chi connectivity index (χ4v) is 7.03. The molecule has 8 heteroatoms. The number of carbonyl (C=O) groups is 1. The number of thiophene rings is 1. The molecule has 0 spiro atoms. The second-order valence-corrected chi connectivity index (χ2v) is 12.1. The van der Waals surface area contributed by atoms with Crippen molar-refractivity contribution in [2.75, 3.05) is 20.3 Å². The van der Waals surface area contributed by atoms with Crippen molar-refractivity contribution in [3.63, 3.8) is 0 Å². The van der Waals surface area contributed by atoms with Gasteiger partial charge in [0.15, 0.2) is 0 Å². The maximum atomic E-state index is 13.8. The van der Waals surface area contributed by atoms with Gasteiger partial charge in [0.2, 0.25) is 0 Å². The van der Waals surface area contributed by atoms with Gasteiger partial charge in [-0.15, -0.1) is 11.3 Å². The van der Waals surface area contributed by atoms with Crippen molar-refractivity contribution in [1.29, 1.82) is 0 Å². The molecule has 1 saturated carbocycles. The molecule has 1 aromatic carbocycles. The highest BCUT2D eigenvalue weighted by atomic mass is 32.1. The number of rotatable bonds is 9. The van der Waals surface area contributed by atoms with Crippen molar-refractivity contribution in [2.24, 2.45) is 0 Å². The molecule has 2 aliphatic rings. The summed E-state index contributed by atoms with van der Waals surface area (Å²) in [4.78, 5) is 27.3. The van der Waals surface area contributed by atoms with Crippen molar-refractivity contribution in [1.82, 2.24) is 4.57 Å². The van der Waals surface area contributed by atoms with Gasteiger partial charge in [0.1, 0.15) is 11.3 Å². The SMILES string of the molecule is COc1ccccc1[C@H](Cc1cn(C(C)(C)C(=O)O)c(=O)c2c(C)c(C3CCC3)sc12)OC1CCOCC1. The quantitative estimate of drug-likeness (QED) is 0.362. The van der Waals surface area contributed by atoms with Gasteiger partial charge in [-0.25, -0.2) is 4.79 Å². The lowest BCUT2D eigenvalue weighted by molar-refractivity contribution is -0.145. The first-order chi connectivity index (χ1) is 18.2. The zero-order valence-electron chi connectivity index (χ0n) is 22.6. The van der Waals surface area contributed by atoms with Gasteiger partial charge in [-0.2, -0.15) is 0 Å². The molecule has 0 amide bonds. The summed E-state index contributed by atoms with van der Waals surface area (Å²) in [7, 11) is 1.66. The molecule has 1 atom stereocenters. The van der Waals surface area contributed by atoms with Gasteiger partial charge in [0, 0.05) is 41.0 Å². The first-order valence-corrected chi connectivity index (χ1v) is 14.3. The van der Waals surface area contributed by atoms with Gasteiger partial charge in [-0.1, -0.05) is 24.6 Å². The van der Waals surface area contributed by atoms with Crippen molar-refractivity contribution in [3.05, 3.63) is 62.4 Å². The maximum absolute atomic E-state index is 13.8. The first-order valence-electron chi connectivity index (χ1n) is 13.5. The molecule has 38 heavy (non-hydrogen) atoms. The predicted molar refractivity (Wildman–Crippen MR) is 149 cm³/mol. The minimum absolute atomic E-state index is 0.0473. The molecule has 5 rings (SSSR count). The predicted octanol–water partition coefficient (Wildman–Crippen LogP) is 5.95. The van der Waals surface area contributed by atoms with Crippen LogP contribution in [0.4, 0.5) is 0 Å². The number of aromatic nitrogens is 1. The van der Waals surface area contributed by atoms with Gasteiger partial charge in [0.25, 0.3) is 5.56 Å². The minimum Gasteiger partial charge on any atom is -0.496 e. The van der Waals surface area contributed by atoms with Gasteiger partial charge in [-0.3, -0.25) is 9.36 Å². The Morgan fingerprint density at radius 2 is 1.92 bits per heavy atom. The van der Waals surface area contributed by atoms with E-state index in [1.165, 1.54) is 15.9 Å². The van der Waals surface area contributed by atoms with Crippen LogP contribution in [-0.4, -0.2) is 42.1 Å². The molecule has 1 N–H and O–H groups in total. The molecule has 204 valence electrons. The standard InChI is InChI=1S/C30H37NO6S/c1-18-25-27(38-26(18)19-8-7-9-19)20(17-31(28(25)32)30(2,3)29(33)34)16-24(37-21-12-14-36-15-13-21)22-10-5-6-11-23(22)35-4/h5-6,10-11,17,19,21,24H,7-9,12-16H2,1-4H3,(H,33,34)/t24-/m0/s1. The number of nitrogens with zero attached hydrogens (tertiary/aromatic N) is 1. The largest absolute Gasteiger partial charge is 0.496 e. The Hall–Kier alpha value is -2.68. The number of benzene rings is 1. The number of aliphatic carboxylic acids is 1. The van der Waals surface area contributed by atoms with Crippen molar-refractivity contribution in [3.8, 4) is 5.75 Å².